The lowest BCUT2D eigenvalue weighted by Gasteiger charge is -2.37. The minimum absolute atomic E-state index is 0.00705. The average Bonchev–Trinajstić information content (AvgIpc) is 2.69. The topological polar surface area (TPSA) is 122 Å². The molecule has 0 aliphatic heterocycles. The lowest BCUT2D eigenvalue weighted by atomic mass is 10.0. The first-order chi connectivity index (χ1) is 14.5. The predicted octanol–water partition coefficient (Wildman–Crippen LogP) is 1.39. The number of amides is 1. The molecule has 1 amide bonds. The third kappa shape index (κ3) is 13.3. The van der Waals surface area contributed by atoms with Crippen LogP contribution in [-0.4, -0.2) is 80.1 Å². The molecule has 1 atom stereocenters. The molecular weight excluding hydrogens is 402 g/mol. The number of hydrogen-bond donors (Lipinski definition) is 3. The van der Waals surface area contributed by atoms with Gasteiger partial charge in [-0.15, -0.1) is 0 Å². The van der Waals surface area contributed by atoms with Crippen LogP contribution in [0.3, 0.4) is 0 Å². The standard InChI is InChI=1S/C22H37N3O6/c1-17(2)22(30)31-14-8-10-23-16-18(3)21(29)24-11-7-12-25(4,5)19(9-6-13-26)15-20(27)28/h13,16,19H,1,6-12,14-15H2,2-5H3,(H2-,23,24,27,28,29)/p+1. The van der Waals surface area contributed by atoms with Crippen LogP contribution < -0.4 is 10.6 Å². The summed E-state index contributed by atoms with van der Waals surface area (Å²) in [5.74, 6) is -1.47. The Bertz CT molecular complexity index is 658. The zero-order valence-corrected chi connectivity index (χ0v) is 19.2. The number of nitrogens with one attached hydrogen (secondary N) is 2. The first-order valence-electron chi connectivity index (χ1n) is 10.5. The fraction of sp³-hybridized carbons (Fsp3) is 0.636. The van der Waals surface area contributed by atoms with Gasteiger partial charge in [0.15, 0.2) is 0 Å². The number of nitrogens with zero attached hydrogens (tertiary/aromatic N) is 1. The second-order valence-corrected chi connectivity index (χ2v) is 8.16. The first kappa shape index (κ1) is 28.3. The van der Waals surface area contributed by atoms with Crippen molar-refractivity contribution in [2.75, 3.05) is 40.3 Å². The summed E-state index contributed by atoms with van der Waals surface area (Å²) in [6.45, 7) is 8.79. The largest absolute Gasteiger partial charge is 0.481 e. The molecule has 176 valence electrons. The SMILES string of the molecule is C=C(C)C(=O)OCCCNC=C(C)C(=O)NCCC[N+](C)(C)C(CCC=O)CC(=O)O. The lowest BCUT2D eigenvalue weighted by molar-refractivity contribution is -0.915. The highest BCUT2D eigenvalue weighted by molar-refractivity contribution is 5.92. The summed E-state index contributed by atoms with van der Waals surface area (Å²) >= 11 is 0. The van der Waals surface area contributed by atoms with Crippen LogP contribution in [0, 0.1) is 0 Å². The van der Waals surface area contributed by atoms with Crippen molar-refractivity contribution in [3.63, 3.8) is 0 Å². The van der Waals surface area contributed by atoms with Crippen LogP contribution in [0.4, 0.5) is 0 Å². The monoisotopic (exact) mass is 440 g/mol. The Balaban J connectivity index is 4.24. The zero-order chi connectivity index (χ0) is 23.9. The maximum Gasteiger partial charge on any atom is 0.333 e. The lowest BCUT2D eigenvalue weighted by Crippen LogP contribution is -2.51. The number of aliphatic carboxylic acids is 1. The Hall–Kier alpha value is -2.68. The second-order valence-electron chi connectivity index (χ2n) is 8.16. The number of esters is 1. The molecule has 0 saturated heterocycles. The van der Waals surface area contributed by atoms with Crippen molar-refractivity contribution < 1.29 is 33.5 Å². The maximum atomic E-state index is 12.2. The van der Waals surface area contributed by atoms with Crippen LogP contribution >= 0.6 is 0 Å². The summed E-state index contributed by atoms with van der Waals surface area (Å²) in [6, 6.07) is -0.154. The van der Waals surface area contributed by atoms with E-state index in [0.717, 1.165) is 6.29 Å². The summed E-state index contributed by atoms with van der Waals surface area (Å²) in [6.07, 6.45) is 4.60. The van der Waals surface area contributed by atoms with Crippen molar-refractivity contribution in [2.24, 2.45) is 0 Å². The molecule has 0 fully saturated rings. The minimum atomic E-state index is -0.877. The van der Waals surface area contributed by atoms with E-state index in [-0.39, 0.29) is 25.0 Å². The van der Waals surface area contributed by atoms with Crippen molar-refractivity contribution in [3.8, 4) is 0 Å². The minimum Gasteiger partial charge on any atom is -0.481 e. The van der Waals surface area contributed by atoms with Crippen LogP contribution in [0.5, 0.6) is 0 Å². The van der Waals surface area contributed by atoms with Gasteiger partial charge >= 0.3 is 11.9 Å². The number of quaternary nitrogens is 1. The molecule has 0 radical (unpaired) electrons. The van der Waals surface area contributed by atoms with E-state index >= 15 is 0 Å². The molecular formula is C22H38N3O6+. The van der Waals surface area contributed by atoms with Crippen molar-refractivity contribution in [3.05, 3.63) is 23.9 Å². The van der Waals surface area contributed by atoms with Crippen LogP contribution in [-0.2, 0) is 23.9 Å². The van der Waals surface area contributed by atoms with E-state index in [9.17, 15) is 19.2 Å². The van der Waals surface area contributed by atoms with Crippen LogP contribution in [0.1, 0.15) is 46.0 Å². The highest BCUT2D eigenvalue weighted by Gasteiger charge is 2.29. The maximum absolute atomic E-state index is 12.2. The number of carboxylic acid groups (broad SMARTS) is 1. The van der Waals surface area contributed by atoms with Gasteiger partial charge in [0.1, 0.15) is 6.29 Å². The summed E-state index contributed by atoms with van der Waals surface area (Å²) in [5.41, 5.74) is 0.892. The Morgan fingerprint density at radius 1 is 1.16 bits per heavy atom. The molecule has 0 heterocycles. The number of ether oxygens (including phenoxy) is 1. The summed E-state index contributed by atoms with van der Waals surface area (Å²) < 4.78 is 5.46. The molecule has 0 saturated carbocycles. The normalized spacial score (nSPS) is 12.6. The van der Waals surface area contributed by atoms with Crippen molar-refractivity contribution in [1.82, 2.24) is 10.6 Å². The quantitative estimate of drug-likeness (QED) is 0.103. The van der Waals surface area contributed by atoms with E-state index in [1.165, 1.54) is 0 Å². The van der Waals surface area contributed by atoms with E-state index in [2.05, 4.69) is 17.2 Å². The molecule has 0 aliphatic rings. The number of carbonyl (C=O) groups excluding carboxylic acids is 3. The van der Waals surface area contributed by atoms with Gasteiger partial charge in [0.25, 0.3) is 0 Å². The Morgan fingerprint density at radius 2 is 1.84 bits per heavy atom. The molecule has 0 aromatic carbocycles. The summed E-state index contributed by atoms with van der Waals surface area (Å²) in [4.78, 5) is 45.2. The number of carboxylic acids is 1. The Labute approximate surface area is 185 Å². The fourth-order valence-corrected chi connectivity index (χ4v) is 2.92. The smallest absolute Gasteiger partial charge is 0.333 e. The highest BCUT2D eigenvalue weighted by atomic mass is 16.5. The van der Waals surface area contributed by atoms with Crippen molar-refractivity contribution >= 4 is 24.1 Å². The molecule has 1 unspecified atom stereocenters. The second kappa shape index (κ2) is 15.2. The van der Waals surface area contributed by atoms with Gasteiger partial charge in [-0.2, -0.15) is 0 Å². The van der Waals surface area contributed by atoms with Gasteiger partial charge < -0.3 is 29.8 Å². The molecule has 0 aromatic rings. The van der Waals surface area contributed by atoms with E-state index in [1.54, 1.807) is 20.0 Å². The number of hydrogen-bond acceptors (Lipinski definition) is 6. The molecule has 0 aromatic heterocycles. The molecule has 0 spiro atoms. The van der Waals surface area contributed by atoms with Crippen molar-refractivity contribution in [2.45, 2.75) is 52.0 Å². The third-order valence-corrected chi connectivity index (χ3v) is 4.94. The van der Waals surface area contributed by atoms with Crippen molar-refractivity contribution in [1.29, 1.82) is 0 Å². The molecule has 9 heteroatoms. The van der Waals surface area contributed by atoms with Crippen LogP contribution in [0.25, 0.3) is 0 Å². The van der Waals surface area contributed by atoms with E-state index in [4.69, 9.17) is 9.84 Å². The summed E-state index contributed by atoms with van der Waals surface area (Å²) in [7, 11) is 3.89. The molecule has 3 N–H and O–H groups in total. The van der Waals surface area contributed by atoms with Crippen LogP contribution in [0.15, 0.2) is 23.9 Å². The average molecular weight is 441 g/mol. The van der Waals surface area contributed by atoms with E-state index < -0.39 is 11.9 Å². The summed E-state index contributed by atoms with van der Waals surface area (Å²) in [5, 5.41) is 15.0. The van der Waals surface area contributed by atoms with Gasteiger partial charge in [-0.05, 0) is 20.3 Å². The van der Waals surface area contributed by atoms with Gasteiger partial charge in [-0.3, -0.25) is 9.59 Å². The van der Waals surface area contributed by atoms with E-state index in [1.807, 2.05) is 14.1 Å². The van der Waals surface area contributed by atoms with Gasteiger partial charge in [0.2, 0.25) is 5.91 Å². The van der Waals surface area contributed by atoms with Gasteiger partial charge in [0.05, 0.1) is 39.7 Å². The molecule has 0 rings (SSSR count). The molecule has 0 bridgehead atoms. The van der Waals surface area contributed by atoms with Gasteiger partial charge in [-0.1, -0.05) is 6.58 Å². The predicted molar refractivity (Wildman–Crippen MR) is 118 cm³/mol. The Morgan fingerprint density at radius 3 is 2.42 bits per heavy atom. The number of aldehydes is 1. The van der Waals surface area contributed by atoms with Gasteiger partial charge in [0, 0.05) is 49.7 Å². The third-order valence-electron chi connectivity index (χ3n) is 4.94. The van der Waals surface area contributed by atoms with E-state index in [0.29, 0.717) is 60.9 Å². The first-order valence-corrected chi connectivity index (χ1v) is 10.5. The zero-order valence-electron chi connectivity index (χ0n) is 19.2. The molecule has 9 nitrogen and oxygen atoms in total. The number of rotatable bonds is 17. The Kier molecular flexibility index (Phi) is 13.9. The fourth-order valence-electron chi connectivity index (χ4n) is 2.92. The molecule has 31 heavy (non-hydrogen) atoms. The number of carbonyl (C=O) groups is 4. The van der Waals surface area contributed by atoms with Gasteiger partial charge in [-0.25, -0.2) is 4.79 Å². The highest BCUT2D eigenvalue weighted by Crippen LogP contribution is 2.17. The molecule has 0 aliphatic carbocycles. The van der Waals surface area contributed by atoms with Crippen LogP contribution in [0.2, 0.25) is 0 Å².